The monoisotopic (exact) mass is 525 g/mol. The van der Waals surface area contributed by atoms with Gasteiger partial charge in [0.2, 0.25) is 0 Å². The highest BCUT2D eigenvalue weighted by molar-refractivity contribution is 7.92. The maximum absolute atomic E-state index is 13.2. The standard InChI is InChI=1S/C25H30F3N3O4S/c1-16(2)36(34,35)18-7-5-17(6-8-18)22(33)30-13-11-24(12-14-30)20-10-9-19(21(32)25(26,27)28)31(20)15-23(3,4)29-24/h5-10,16,29H,11-15H2,1-4H3. The zero-order valence-electron chi connectivity index (χ0n) is 20.6. The van der Waals surface area contributed by atoms with Gasteiger partial charge in [0.15, 0.2) is 9.84 Å². The van der Waals surface area contributed by atoms with Crippen molar-refractivity contribution in [1.82, 2.24) is 14.8 Å². The minimum atomic E-state index is -4.96. The van der Waals surface area contributed by atoms with Gasteiger partial charge >= 0.3 is 6.18 Å². The molecule has 0 aliphatic carbocycles. The molecular weight excluding hydrogens is 495 g/mol. The van der Waals surface area contributed by atoms with Gasteiger partial charge in [-0.3, -0.25) is 14.9 Å². The average molecular weight is 526 g/mol. The lowest BCUT2D eigenvalue weighted by Gasteiger charge is -2.51. The first-order valence-electron chi connectivity index (χ1n) is 11.8. The third-order valence-corrected chi connectivity index (χ3v) is 9.22. The van der Waals surface area contributed by atoms with Crippen LogP contribution in [0.5, 0.6) is 0 Å². The van der Waals surface area contributed by atoms with Crippen LogP contribution >= 0.6 is 0 Å². The van der Waals surface area contributed by atoms with E-state index in [-0.39, 0.29) is 23.0 Å². The van der Waals surface area contributed by atoms with Gasteiger partial charge in [-0.1, -0.05) is 0 Å². The number of sulfone groups is 1. The van der Waals surface area contributed by atoms with E-state index >= 15 is 0 Å². The molecule has 4 rings (SSSR count). The van der Waals surface area contributed by atoms with Crippen molar-refractivity contribution in [1.29, 1.82) is 0 Å². The van der Waals surface area contributed by atoms with Gasteiger partial charge in [0.05, 0.1) is 21.4 Å². The molecule has 1 N–H and O–H groups in total. The fourth-order valence-electron chi connectivity index (χ4n) is 5.26. The molecule has 36 heavy (non-hydrogen) atoms. The van der Waals surface area contributed by atoms with Crippen molar-refractivity contribution in [2.45, 2.75) is 74.5 Å². The molecule has 1 aromatic heterocycles. The molecule has 1 fully saturated rings. The lowest BCUT2D eigenvalue weighted by Crippen LogP contribution is -2.63. The Balaban J connectivity index is 1.56. The van der Waals surface area contributed by atoms with E-state index in [1.807, 2.05) is 13.8 Å². The molecule has 0 unspecified atom stereocenters. The molecule has 2 aliphatic heterocycles. The quantitative estimate of drug-likeness (QED) is 0.612. The fraction of sp³-hybridized carbons (Fsp3) is 0.520. The van der Waals surface area contributed by atoms with Gasteiger partial charge < -0.3 is 9.47 Å². The number of amides is 1. The number of nitrogens with zero attached hydrogens (tertiary/aromatic N) is 2. The summed E-state index contributed by atoms with van der Waals surface area (Å²) in [7, 11) is -3.45. The topological polar surface area (TPSA) is 88.5 Å². The molecule has 1 spiro atoms. The first-order chi connectivity index (χ1) is 16.6. The zero-order valence-corrected chi connectivity index (χ0v) is 21.5. The second-order valence-electron chi connectivity index (χ2n) is 10.5. The minimum absolute atomic E-state index is 0.158. The minimum Gasteiger partial charge on any atom is -0.338 e. The molecular formula is C25H30F3N3O4S. The van der Waals surface area contributed by atoms with Crippen molar-refractivity contribution in [2.24, 2.45) is 0 Å². The first kappa shape index (κ1) is 26.4. The number of hydrogen-bond donors (Lipinski definition) is 1. The molecule has 2 aromatic rings. The highest BCUT2D eigenvalue weighted by Crippen LogP contribution is 2.41. The van der Waals surface area contributed by atoms with Crippen LogP contribution in [-0.2, 0) is 21.9 Å². The first-order valence-corrected chi connectivity index (χ1v) is 13.4. The van der Waals surface area contributed by atoms with Gasteiger partial charge in [0.1, 0.15) is 0 Å². The Bertz CT molecular complexity index is 1290. The Morgan fingerprint density at radius 1 is 1.00 bits per heavy atom. The largest absolute Gasteiger partial charge is 0.456 e. The summed E-state index contributed by atoms with van der Waals surface area (Å²) < 4.78 is 65.7. The van der Waals surface area contributed by atoms with Crippen molar-refractivity contribution in [3.05, 3.63) is 53.3 Å². The Kier molecular flexibility index (Phi) is 6.40. The smallest absolute Gasteiger partial charge is 0.338 e. The van der Waals surface area contributed by atoms with Crippen LogP contribution in [0, 0.1) is 0 Å². The van der Waals surface area contributed by atoms with E-state index < -0.39 is 38.1 Å². The Hall–Kier alpha value is -2.66. The molecule has 1 saturated heterocycles. The molecule has 1 amide bonds. The number of benzene rings is 1. The van der Waals surface area contributed by atoms with Gasteiger partial charge in [0.25, 0.3) is 11.7 Å². The number of aromatic nitrogens is 1. The van der Waals surface area contributed by atoms with E-state index in [0.717, 1.165) is 0 Å². The number of alkyl halides is 3. The highest BCUT2D eigenvalue weighted by atomic mass is 32.2. The second-order valence-corrected chi connectivity index (χ2v) is 13.0. The maximum atomic E-state index is 13.2. The number of piperidine rings is 1. The van der Waals surface area contributed by atoms with E-state index in [0.29, 0.717) is 37.2 Å². The number of ketones is 1. The summed E-state index contributed by atoms with van der Waals surface area (Å²) in [6.45, 7) is 7.85. The summed E-state index contributed by atoms with van der Waals surface area (Å²) in [5.41, 5.74) is -0.646. The second kappa shape index (κ2) is 8.72. The van der Waals surface area contributed by atoms with Crippen LogP contribution in [0.4, 0.5) is 13.2 Å². The summed E-state index contributed by atoms with van der Waals surface area (Å²) in [4.78, 5) is 27.0. The molecule has 0 saturated carbocycles. The molecule has 196 valence electrons. The molecule has 7 nitrogen and oxygen atoms in total. The van der Waals surface area contributed by atoms with Gasteiger partial charge in [-0.25, -0.2) is 8.42 Å². The number of halogens is 3. The molecule has 0 atom stereocenters. The Morgan fingerprint density at radius 2 is 1.58 bits per heavy atom. The zero-order chi connectivity index (χ0) is 26.7. The van der Waals surface area contributed by atoms with Crippen molar-refractivity contribution in [3.63, 3.8) is 0 Å². The molecule has 3 heterocycles. The van der Waals surface area contributed by atoms with Crippen LogP contribution < -0.4 is 5.32 Å². The summed E-state index contributed by atoms with van der Waals surface area (Å²) in [6, 6.07) is 8.69. The number of nitrogens with one attached hydrogen (secondary N) is 1. The Labute approximate surface area is 208 Å². The lowest BCUT2D eigenvalue weighted by atomic mass is 9.79. The molecule has 2 aliphatic rings. The predicted octanol–water partition coefficient (Wildman–Crippen LogP) is 3.93. The van der Waals surface area contributed by atoms with E-state index in [4.69, 9.17) is 0 Å². The van der Waals surface area contributed by atoms with Gasteiger partial charge in [-0.2, -0.15) is 13.2 Å². The number of carbonyl (C=O) groups excluding carboxylic acids is 2. The van der Waals surface area contributed by atoms with E-state index in [1.54, 1.807) is 24.8 Å². The number of fused-ring (bicyclic) bond motifs is 2. The van der Waals surface area contributed by atoms with Crippen LogP contribution in [0.15, 0.2) is 41.3 Å². The number of rotatable bonds is 4. The average Bonchev–Trinajstić information content (AvgIpc) is 3.21. The van der Waals surface area contributed by atoms with E-state index in [1.165, 1.54) is 34.9 Å². The van der Waals surface area contributed by atoms with Crippen molar-refractivity contribution >= 4 is 21.5 Å². The summed E-state index contributed by atoms with van der Waals surface area (Å²) >= 11 is 0. The highest BCUT2D eigenvalue weighted by Gasteiger charge is 2.49. The van der Waals surface area contributed by atoms with Crippen LogP contribution in [0.25, 0.3) is 0 Å². The summed E-state index contributed by atoms with van der Waals surface area (Å²) in [5, 5.41) is 3.00. The van der Waals surface area contributed by atoms with E-state index in [2.05, 4.69) is 5.32 Å². The van der Waals surface area contributed by atoms with Crippen LogP contribution in [0.3, 0.4) is 0 Å². The molecule has 1 aromatic carbocycles. The third kappa shape index (κ3) is 4.58. The predicted molar refractivity (Wildman–Crippen MR) is 128 cm³/mol. The van der Waals surface area contributed by atoms with Gasteiger partial charge in [-0.05, 0) is 76.9 Å². The number of Topliss-reactive ketones (excluding diaryl/α,β-unsaturated/α-hetero) is 1. The SMILES string of the molecule is CC(C)S(=O)(=O)c1ccc(C(=O)N2CCC3(CC2)NC(C)(C)Cn2c(C(=O)C(F)(F)F)ccc23)cc1. The number of likely N-dealkylation sites (tertiary alicyclic amines) is 1. The van der Waals surface area contributed by atoms with Crippen LogP contribution in [-0.4, -0.2) is 59.6 Å². The Morgan fingerprint density at radius 3 is 2.11 bits per heavy atom. The summed E-state index contributed by atoms with van der Waals surface area (Å²) in [5.74, 6) is -2.10. The number of hydrogen-bond acceptors (Lipinski definition) is 5. The van der Waals surface area contributed by atoms with Crippen molar-refractivity contribution < 1.29 is 31.2 Å². The molecule has 11 heteroatoms. The van der Waals surface area contributed by atoms with Crippen LogP contribution in [0.2, 0.25) is 0 Å². The number of carbonyl (C=O) groups is 2. The normalized spacial score (nSPS) is 19.4. The third-order valence-electron chi connectivity index (χ3n) is 7.05. The lowest BCUT2D eigenvalue weighted by molar-refractivity contribution is -0.0892. The van der Waals surface area contributed by atoms with Gasteiger partial charge in [0, 0.05) is 36.4 Å². The van der Waals surface area contributed by atoms with Crippen molar-refractivity contribution in [3.8, 4) is 0 Å². The summed E-state index contributed by atoms with van der Waals surface area (Å²) in [6.07, 6.45) is -4.06. The van der Waals surface area contributed by atoms with Gasteiger partial charge in [-0.15, -0.1) is 0 Å². The maximum Gasteiger partial charge on any atom is 0.456 e. The molecule has 0 bridgehead atoms. The molecule has 0 radical (unpaired) electrons. The van der Waals surface area contributed by atoms with E-state index in [9.17, 15) is 31.2 Å². The fourth-order valence-corrected chi connectivity index (χ4v) is 6.32. The van der Waals surface area contributed by atoms with Crippen LogP contribution in [0.1, 0.15) is 67.1 Å². The van der Waals surface area contributed by atoms with Crippen molar-refractivity contribution in [2.75, 3.05) is 13.1 Å².